The van der Waals surface area contributed by atoms with Gasteiger partial charge in [0.2, 0.25) is 0 Å². The summed E-state index contributed by atoms with van der Waals surface area (Å²) in [6.45, 7) is 6.89. The fraction of sp³-hybridized carbons (Fsp3) is 0.636. The van der Waals surface area contributed by atoms with Gasteiger partial charge in [-0.3, -0.25) is 0 Å². The van der Waals surface area contributed by atoms with Crippen LogP contribution in [0.15, 0.2) is 12.1 Å². The zero-order chi connectivity index (χ0) is 10.4. The fourth-order valence-corrected chi connectivity index (χ4v) is 2.13. The number of ether oxygens (including phenoxy) is 1. The number of rotatable bonds is 6. The average molecular weight is 213 g/mol. The minimum Gasteiger partial charge on any atom is -0.376 e. The summed E-state index contributed by atoms with van der Waals surface area (Å²) in [4.78, 5) is 2.69. The van der Waals surface area contributed by atoms with E-state index in [4.69, 9.17) is 4.74 Å². The highest BCUT2D eigenvalue weighted by Crippen LogP contribution is 2.17. The van der Waals surface area contributed by atoms with Gasteiger partial charge in [0, 0.05) is 22.9 Å². The third kappa shape index (κ3) is 4.22. The second kappa shape index (κ2) is 6.17. The Morgan fingerprint density at radius 2 is 2.07 bits per heavy atom. The molecule has 80 valence electrons. The summed E-state index contributed by atoms with van der Waals surface area (Å²) in [6, 6.07) is 4.31. The Labute approximate surface area is 90.3 Å². The molecule has 1 rings (SSSR count). The van der Waals surface area contributed by atoms with E-state index in [1.54, 1.807) is 0 Å². The molecule has 0 amide bonds. The van der Waals surface area contributed by atoms with Crippen LogP contribution >= 0.6 is 11.3 Å². The maximum absolute atomic E-state index is 5.56. The lowest BCUT2D eigenvalue weighted by Crippen LogP contribution is -2.02. The highest BCUT2D eigenvalue weighted by Gasteiger charge is 2.00. The molecule has 0 saturated carbocycles. The van der Waals surface area contributed by atoms with Crippen molar-refractivity contribution in [2.24, 2.45) is 5.92 Å². The maximum atomic E-state index is 5.56. The van der Waals surface area contributed by atoms with Gasteiger partial charge < -0.3 is 10.1 Å². The zero-order valence-corrected chi connectivity index (χ0v) is 9.99. The Bertz CT molecular complexity index is 258. The first-order valence-corrected chi connectivity index (χ1v) is 5.84. The molecule has 0 aliphatic heterocycles. The van der Waals surface area contributed by atoms with Crippen molar-refractivity contribution in [2.75, 3.05) is 13.7 Å². The molecule has 0 fully saturated rings. The molecule has 2 nitrogen and oxygen atoms in total. The summed E-state index contributed by atoms with van der Waals surface area (Å²) in [5.74, 6) is 0.617. The van der Waals surface area contributed by atoms with Crippen LogP contribution in [0, 0.1) is 5.92 Å². The molecule has 0 saturated heterocycles. The monoisotopic (exact) mass is 213 g/mol. The van der Waals surface area contributed by atoms with E-state index >= 15 is 0 Å². The van der Waals surface area contributed by atoms with E-state index in [2.05, 4.69) is 31.3 Å². The molecule has 0 atom stereocenters. The summed E-state index contributed by atoms with van der Waals surface area (Å²) in [6.07, 6.45) is 0. The maximum Gasteiger partial charge on any atom is 0.0809 e. The van der Waals surface area contributed by atoms with Gasteiger partial charge in [-0.2, -0.15) is 0 Å². The molecule has 1 heterocycles. The Morgan fingerprint density at radius 1 is 1.36 bits per heavy atom. The van der Waals surface area contributed by atoms with Crippen LogP contribution in [0.4, 0.5) is 0 Å². The normalized spacial score (nSPS) is 11.1. The minimum atomic E-state index is 0.617. The topological polar surface area (TPSA) is 21.3 Å². The molecule has 0 radical (unpaired) electrons. The van der Waals surface area contributed by atoms with E-state index in [1.807, 2.05) is 18.4 Å². The third-order valence-corrected chi connectivity index (χ3v) is 2.82. The molecule has 0 aliphatic carbocycles. The van der Waals surface area contributed by atoms with Gasteiger partial charge in [0.15, 0.2) is 0 Å². The highest BCUT2D eigenvalue weighted by molar-refractivity contribution is 7.11. The molecule has 0 aliphatic rings. The van der Waals surface area contributed by atoms with Crippen LogP contribution in [-0.2, 0) is 17.9 Å². The largest absolute Gasteiger partial charge is 0.376 e. The molecule has 1 aromatic rings. The van der Waals surface area contributed by atoms with Crippen molar-refractivity contribution in [1.82, 2.24) is 5.32 Å². The van der Waals surface area contributed by atoms with Gasteiger partial charge in [-0.05, 0) is 25.1 Å². The number of thiophene rings is 1. The minimum absolute atomic E-state index is 0.617. The highest BCUT2D eigenvalue weighted by atomic mass is 32.1. The van der Waals surface area contributed by atoms with Crippen molar-refractivity contribution >= 4 is 11.3 Å². The van der Waals surface area contributed by atoms with E-state index in [-0.39, 0.29) is 0 Å². The van der Waals surface area contributed by atoms with Gasteiger partial charge in [0.25, 0.3) is 0 Å². The molecule has 1 N–H and O–H groups in total. The molecular weight excluding hydrogens is 194 g/mol. The van der Waals surface area contributed by atoms with Gasteiger partial charge in [0.1, 0.15) is 0 Å². The SMILES string of the molecule is CNCc1ccc(COCC(C)C)s1. The predicted octanol–water partition coefficient (Wildman–Crippen LogP) is 2.64. The van der Waals surface area contributed by atoms with E-state index in [0.717, 1.165) is 19.8 Å². The molecule has 0 bridgehead atoms. The molecular formula is C11H19NOS. The average Bonchev–Trinajstić information content (AvgIpc) is 2.53. The molecule has 0 unspecified atom stereocenters. The quantitative estimate of drug-likeness (QED) is 0.784. The summed E-state index contributed by atoms with van der Waals surface area (Å²) in [5, 5.41) is 3.14. The third-order valence-electron chi connectivity index (χ3n) is 1.76. The number of hydrogen-bond donors (Lipinski definition) is 1. The van der Waals surface area contributed by atoms with Gasteiger partial charge >= 0.3 is 0 Å². The van der Waals surface area contributed by atoms with Gasteiger partial charge in [-0.25, -0.2) is 0 Å². The first kappa shape index (κ1) is 11.7. The molecule has 0 aromatic carbocycles. The van der Waals surface area contributed by atoms with Crippen molar-refractivity contribution in [2.45, 2.75) is 27.0 Å². The van der Waals surface area contributed by atoms with E-state index < -0.39 is 0 Å². The Hall–Kier alpha value is -0.380. The second-order valence-corrected chi connectivity index (χ2v) is 5.06. The Balaban J connectivity index is 2.28. The van der Waals surface area contributed by atoms with Gasteiger partial charge in [-0.15, -0.1) is 11.3 Å². The standard InChI is InChI=1S/C11H19NOS/c1-9(2)7-13-8-11-5-4-10(14-11)6-12-3/h4-5,9,12H,6-8H2,1-3H3. The van der Waals surface area contributed by atoms with Crippen molar-refractivity contribution in [3.8, 4) is 0 Å². The zero-order valence-electron chi connectivity index (χ0n) is 9.17. The molecule has 0 spiro atoms. The lowest BCUT2D eigenvalue weighted by molar-refractivity contribution is 0.0989. The van der Waals surface area contributed by atoms with E-state index in [0.29, 0.717) is 5.92 Å². The van der Waals surface area contributed by atoms with Crippen LogP contribution in [0.3, 0.4) is 0 Å². The Morgan fingerprint density at radius 3 is 2.71 bits per heavy atom. The Kier molecular flexibility index (Phi) is 5.15. The number of nitrogens with one attached hydrogen (secondary N) is 1. The van der Waals surface area contributed by atoms with Crippen LogP contribution in [-0.4, -0.2) is 13.7 Å². The summed E-state index contributed by atoms with van der Waals surface area (Å²) >= 11 is 1.82. The van der Waals surface area contributed by atoms with E-state index in [1.165, 1.54) is 9.75 Å². The van der Waals surface area contributed by atoms with E-state index in [9.17, 15) is 0 Å². The van der Waals surface area contributed by atoms with Gasteiger partial charge in [0.05, 0.1) is 6.61 Å². The van der Waals surface area contributed by atoms with Gasteiger partial charge in [-0.1, -0.05) is 13.8 Å². The fourth-order valence-electron chi connectivity index (χ4n) is 1.16. The van der Waals surface area contributed by atoms with Crippen LogP contribution in [0.2, 0.25) is 0 Å². The van der Waals surface area contributed by atoms with Crippen LogP contribution < -0.4 is 5.32 Å². The van der Waals surface area contributed by atoms with Crippen molar-refractivity contribution in [1.29, 1.82) is 0 Å². The summed E-state index contributed by atoms with van der Waals surface area (Å²) in [7, 11) is 1.97. The lowest BCUT2D eigenvalue weighted by atomic mass is 10.2. The van der Waals surface area contributed by atoms with Crippen molar-refractivity contribution < 1.29 is 4.74 Å². The van der Waals surface area contributed by atoms with Crippen LogP contribution in [0.25, 0.3) is 0 Å². The summed E-state index contributed by atoms with van der Waals surface area (Å²) in [5.41, 5.74) is 0. The van der Waals surface area contributed by atoms with Crippen molar-refractivity contribution in [3.05, 3.63) is 21.9 Å². The summed E-state index contributed by atoms with van der Waals surface area (Å²) < 4.78 is 5.56. The lowest BCUT2D eigenvalue weighted by Gasteiger charge is -2.04. The second-order valence-electron chi connectivity index (χ2n) is 3.81. The number of hydrogen-bond acceptors (Lipinski definition) is 3. The predicted molar refractivity (Wildman–Crippen MR) is 61.6 cm³/mol. The van der Waals surface area contributed by atoms with Crippen molar-refractivity contribution in [3.63, 3.8) is 0 Å². The first-order valence-electron chi connectivity index (χ1n) is 5.02. The van der Waals surface area contributed by atoms with Crippen LogP contribution in [0.1, 0.15) is 23.6 Å². The molecule has 1 aromatic heterocycles. The molecule has 3 heteroatoms. The smallest absolute Gasteiger partial charge is 0.0809 e. The van der Waals surface area contributed by atoms with Crippen LogP contribution in [0.5, 0.6) is 0 Å². The first-order chi connectivity index (χ1) is 6.72. The molecule has 14 heavy (non-hydrogen) atoms.